The lowest BCUT2D eigenvalue weighted by Gasteiger charge is -2.17. The molecule has 1 amide bonds. The molecule has 0 saturated carbocycles. The summed E-state index contributed by atoms with van der Waals surface area (Å²) >= 11 is 0. The van der Waals surface area contributed by atoms with E-state index in [9.17, 15) is 14.4 Å². The number of hydrogen-bond acceptors (Lipinski definition) is 5. The highest BCUT2D eigenvalue weighted by Gasteiger charge is 2.19. The normalized spacial score (nSPS) is 11.3. The summed E-state index contributed by atoms with van der Waals surface area (Å²) in [4.78, 5) is 39.9. The molecule has 0 aliphatic heterocycles. The summed E-state index contributed by atoms with van der Waals surface area (Å²) < 4.78 is 9.65. The predicted octanol–water partition coefficient (Wildman–Crippen LogP) is 5.56. The number of carbonyl (C=O) groups is 3. The van der Waals surface area contributed by atoms with Gasteiger partial charge in [0.05, 0.1) is 19.1 Å². The molecule has 3 aromatic carbocycles. The highest BCUT2D eigenvalue weighted by Crippen LogP contribution is 2.29. The molecule has 7 nitrogen and oxygen atoms in total. The van der Waals surface area contributed by atoms with Crippen LogP contribution in [0.2, 0.25) is 0 Å². The van der Waals surface area contributed by atoms with Gasteiger partial charge in [-0.25, -0.2) is 9.64 Å². The number of ether oxygens (including phenoxy) is 2. The molecule has 0 radical (unpaired) electrons. The number of aryl methyl sites for hydroxylation is 1. The lowest BCUT2D eigenvalue weighted by atomic mass is 9.94. The molecule has 1 atom stereocenters. The Morgan fingerprint density at radius 3 is 2.54 bits per heavy atom. The third-order valence-electron chi connectivity index (χ3n) is 5.65. The van der Waals surface area contributed by atoms with Crippen molar-refractivity contribution in [2.75, 3.05) is 18.5 Å². The van der Waals surface area contributed by atoms with Crippen molar-refractivity contribution in [3.05, 3.63) is 83.2 Å². The van der Waals surface area contributed by atoms with Crippen LogP contribution in [0.3, 0.4) is 0 Å². The first-order chi connectivity index (χ1) is 16.9. The van der Waals surface area contributed by atoms with Crippen molar-refractivity contribution in [3.8, 4) is 0 Å². The molecule has 0 bridgehead atoms. The van der Waals surface area contributed by atoms with Crippen molar-refractivity contribution in [1.82, 2.24) is 0 Å². The molecule has 3 aromatic rings. The minimum Gasteiger partial charge on any atom is -0.463 e. The zero-order valence-corrected chi connectivity index (χ0v) is 19.9. The Balaban J connectivity index is 1.67. The van der Waals surface area contributed by atoms with Gasteiger partial charge < -0.3 is 14.8 Å². The van der Waals surface area contributed by atoms with Crippen LogP contribution in [0.25, 0.3) is 15.6 Å². The Kier molecular flexibility index (Phi) is 8.96. The number of amides is 1. The smallest absolute Gasteiger partial charge is 0.344 e. The van der Waals surface area contributed by atoms with Crippen molar-refractivity contribution >= 4 is 40.0 Å². The molecule has 0 aliphatic rings. The fourth-order valence-corrected chi connectivity index (χ4v) is 3.82. The minimum absolute atomic E-state index is 0.115. The van der Waals surface area contributed by atoms with Crippen molar-refractivity contribution in [1.29, 1.82) is 0 Å². The van der Waals surface area contributed by atoms with Crippen LogP contribution in [-0.4, -0.2) is 31.1 Å². The summed E-state index contributed by atoms with van der Waals surface area (Å²) in [6, 6.07) is 18.9. The number of nitrogens with one attached hydrogen (secondary N) is 1. The monoisotopic (exact) mass is 472 g/mol. The van der Waals surface area contributed by atoms with E-state index in [0.717, 1.165) is 21.9 Å². The van der Waals surface area contributed by atoms with Crippen molar-refractivity contribution in [3.63, 3.8) is 0 Å². The van der Waals surface area contributed by atoms with Gasteiger partial charge in [-0.15, -0.1) is 0 Å². The summed E-state index contributed by atoms with van der Waals surface area (Å²) in [5, 5.41) is 5.07. The van der Waals surface area contributed by atoms with Crippen LogP contribution < -0.4 is 5.32 Å². The minimum atomic E-state index is -0.583. The molecule has 0 heterocycles. The average molecular weight is 473 g/mol. The first-order valence-corrected chi connectivity index (χ1v) is 11.5. The van der Waals surface area contributed by atoms with Crippen LogP contribution >= 0.6 is 0 Å². The van der Waals surface area contributed by atoms with Crippen LogP contribution in [0, 0.1) is 6.57 Å². The quantitative estimate of drug-likeness (QED) is 0.308. The predicted molar refractivity (Wildman–Crippen MR) is 134 cm³/mol. The Bertz CT molecular complexity index is 1260. The zero-order valence-electron chi connectivity index (χ0n) is 19.9. The third-order valence-corrected chi connectivity index (χ3v) is 5.65. The standard InChI is InChI=1S/C28H28N2O5/c1-4-34-27(32)18-35-26(31)14-8-11-21-15-16-22(29-3)17-25(21)30-28(33)19(2)23-13-7-10-20-9-5-6-12-24(20)23/h5-7,9-10,12-13,15-17,19H,4,8,11,14,18H2,1-2H3,(H,30,33). The van der Waals surface area contributed by atoms with Gasteiger partial charge >= 0.3 is 11.9 Å². The number of fused-ring (bicyclic) bond motifs is 1. The van der Waals surface area contributed by atoms with E-state index in [1.165, 1.54) is 0 Å². The molecule has 1 unspecified atom stereocenters. The molecule has 0 spiro atoms. The highest BCUT2D eigenvalue weighted by molar-refractivity contribution is 6.00. The van der Waals surface area contributed by atoms with E-state index in [2.05, 4.69) is 10.2 Å². The molecular weight excluding hydrogens is 444 g/mol. The Labute approximate surface area is 204 Å². The van der Waals surface area contributed by atoms with E-state index >= 15 is 0 Å². The molecular formula is C28H28N2O5. The van der Waals surface area contributed by atoms with Crippen LogP contribution in [0.1, 0.15) is 43.7 Å². The van der Waals surface area contributed by atoms with E-state index in [1.54, 1.807) is 25.1 Å². The van der Waals surface area contributed by atoms with E-state index in [4.69, 9.17) is 16.0 Å². The van der Waals surface area contributed by atoms with Gasteiger partial charge in [0.25, 0.3) is 0 Å². The Hall–Kier alpha value is -4.18. The molecule has 0 aliphatic carbocycles. The van der Waals surface area contributed by atoms with Gasteiger partial charge in [0.2, 0.25) is 5.91 Å². The maximum Gasteiger partial charge on any atom is 0.344 e. The maximum atomic E-state index is 13.2. The summed E-state index contributed by atoms with van der Waals surface area (Å²) in [6.45, 7) is 10.7. The first kappa shape index (κ1) is 25.4. The zero-order chi connectivity index (χ0) is 25.2. The molecule has 180 valence electrons. The second kappa shape index (κ2) is 12.3. The fourth-order valence-electron chi connectivity index (χ4n) is 3.82. The van der Waals surface area contributed by atoms with Gasteiger partial charge in [-0.2, -0.15) is 0 Å². The van der Waals surface area contributed by atoms with Gasteiger partial charge in [-0.1, -0.05) is 54.6 Å². The van der Waals surface area contributed by atoms with Crippen molar-refractivity contribution < 1.29 is 23.9 Å². The number of carbonyl (C=O) groups excluding carboxylic acids is 3. The third kappa shape index (κ3) is 6.90. The lowest BCUT2D eigenvalue weighted by molar-refractivity contribution is -0.158. The summed E-state index contributed by atoms with van der Waals surface area (Å²) in [5.41, 5.74) is 2.70. The van der Waals surface area contributed by atoms with Gasteiger partial charge in [-0.3, -0.25) is 9.59 Å². The Morgan fingerprint density at radius 1 is 1.00 bits per heavy atom. The Morgan fingerprint density at radius 2 is 1.77 bits per heavy atom. The molecule has 1 N–H and O–H groups in total. The molecule has 0 fully saturated rings. The molecule has 0 aromatic heterocycles. The summed E-state index contributed by atoms with van der Waals surface area (Å²) in [5.74, 6) is -1.67. The number of benzene rings is 3. The van der Waals surface area contributed by atoms with Gasteiger partial charge in [0.15, 0.2) is 12.3 Å². The molecule has 7 heteroatoms. The van der Waals surface area contributed by atoms with Gasteiger partial charge in [0, 0.05) is 12.1 Å². The number of anilines is 1. The van der Waals surface area contributed by atoms with Crippen LogP contribution in [0.4, 0.5) is 11.4 Å². The number of hydrogen-bond donors (Lipinski definition) is 1. The van der Waals surface area contributed by atoms with Crippen molar-refractivity contribution in [2.24, 2.45) is 0 Å². The number of esters is 2. The largest absolute Gasteiger partial charge is 0.463 e. The summed E-state index contributed by atoms with van der Waals surface area (Å²) in [7, 11) is 0. The topological polar surface area (TPSA) is 86.1 Å². The van der Waals surface area contributed by atoms with E-state index < -0.39 is 24.5 Å². The van der Waals surface area contributed by atoms with E-state index in [-0.39, 0.29) is 18.9 Å². The van der Waals surface area contributed by atoms with E-state index in [0.29, 0.717) is 24.2 Å². The number of nitrogens with zero attached hydrogens (tertiary/aromatic N) is 1. The number of rotatable bonds is 10. The maximum absolute atomic E-state index is 13.2. The first-order valence-electron chi connectivity index (χ1n) is 11.5. The van der Waals surface area contributed by atoms with Crippen LogP contribution in [0.5, 0.6) is 0 Å². The fraction of sp³-hybridized carbons (Fsp3) is 0.286. The SMILES string of the molecule is [C-]#[N+]c1ccc(CCCC(=O)OCC(=O)OCC)c(NC(=O)C(C)c2cccc3ccccc23)c1. The summed E-state index contributed by atoms with van der Waals surface area (Å²) in [6.07, 6.45) is 1.07. The van der Waals surface area contributed by atoms with Crippen LogP contribution in [-0.2, 0) is 30.3 Å². The molecule has 0 saturated heterocycles. The molecule has 3 rings (SSSR count). The van der Waals surface area contributed by atoms with Gasteiger partial charge in [-0.05, 0) is 54.7 Å². The van der Waals surface area contributed by atoms with Crippen LogP contribution in [0.15, 0.2) is 60.7 Å². The average Bonchev–Trinajstić information content (AvgIpc) is 2.87. The van der Waals surface area contributed by atoms with Gasteiger partial charge in [0.1, 0.15) is 0 Å². The second-order valence-corrected chi connectivity index (χ2v) is 8.05. The molecule has 35 heavy (non-hydrogen) atoms. The van der Waals surface area contributed by atoms with Crippen molar-refractivity contribution in [2.45, 2.75) is 39.0 Å². The second-order valence-electron chi connectivity index (χ2n) is 8.05. The highest BCUT2D eigenvalue weighted by atomic mass is 16.6. The van der Waals surface area contributed by atoms with E-state index in [1.807, 2.05) is 49.4 Å². The lowest BCUT2D eigenvalue weighted by Crippen LogP contribution is -2.20.